The zero-order chi connectivity index (χ0) is 22.7. The molecular weight excluding hydrogens is 432 g/mol. The van der Waals surface area contributed by atoms with Crippen LogP contribution in [0.4, 0.5) is 0 Å². The molecule has 3 aliphatic rings. The molecule has 3 fully saturated rings. The summed E-state index contributed by atoms with van der Waals surface area (Å²) in [5.41, 5.74) is 0.126. The number of sulfonamides is 1. The van der Waals surface area contributed by atoms with Crippen molar-refractivity contribution >= 4 is 21.8 Å². The molecule has 0 spiro atoms. The molecule has 3 heterocycles. The van der Waals surface area contributed by atoms with Crippen molar-refractivity contribution in [3.8, 4) is 6.07 Å². The first-order valence-corrected chi connectivity index (χ1v) is 12.5. The molecule has 3 saturated heterocycles. The number of amides is 2. The number of rotatable bonds is 4. The molecule has 3 aliphatic heterocycles. The van der Waals surface area contributed by atoms with Crippen LogP contribution in [0.5, 0.6) is 0 Å². The minimum absolute atomic E-state index is 0.0132. The van der Waals surface area contributed by atoms with E-state index in [1.165, 1.54) is 16.4 Å². The van der Waals surface area contributed by atoms with E-state index in [9.17, 15) is 23.3 Å². The second-order valence-corrected chi connectivity index (χ2v) is 10.3. The van der Waals surface area contributed by atoms with Gasteiger partial charge in [-0.3, -0.25) is 9.59 Å². The number of piperazine rings is 1. The molecule has 10 heteroatoms. The van der Waals surface area contributed by atoms with Gasteiger partial charge in [-0.05, 0) is 37.8 Å². The highest BCUT2D eigenvalue weighted by atomic mass is 32.2. The first-order valence-electron chi connectivity index (χ1n) is 11.1. The lowest BCUT2D eigenvalue weighted by molar-refractivity contribution is -0.147. The van der Waals surface area contributed by atoms with Gasteiger partial charge in [0, 0.05) is 51.8 Å². The summed E-state index contributed by atoms with van der Waals surface area (Å²) in [6, 6.07) is 8.12. The normalized spacial score (nSPS) is 23.2. The van der Waals surface area contributed by atoms with E-state index < -0.39 is 10.0 Å². The van der Waals surface area contributed by atoms with Crippen LogP contribution in [0.1, 0.15) is 31.2 Å². The van der Waals surface area contributed by atoms with E-state index in [0.717, 1.165) is 12.8 Å². The highest BCUT2D eigenvalue weighted by Crippen LogP contribution is 2.27. The molecule has 4 rings (SSSR count). The molecule has 1 aromatic carbocycles. The van der Waals surface area contributed by atoms with Crippen molar-refractivity contribution < 1.29 is 22.7 Å². The monoisotopic (exact) mass is 460 g/mol. The van der Waals surface area contributed by atoms with Gasteiger partial charge in [-0.25, -0.2) is 8.42 Å². The minimum atomic E-state index is -3.77. The van der Waals surface area contributed by atoms with Gasteiger partial charge in [-0.1, -0.05) is 12.1 Å². The molecule has 0 bridgehead atoms. The summed E-state index contributed by atoms with van der Waals surface area (Å²) in [6.45, 7) is 3.11. The molecule has 9 nitrogen and oxygen atoms in total. The summed E-state index contributed by atoms with van der Waals surface area (Å²) in [5.74, 6) is -0.178. The number of carbonyl (C=O) groups is 2. The molecule has 0 aromatic heterocycles. The fraction of sp³-hybridized carbons (Fsp3) is 0.591. The summed E-state index contributed by atoms with van der Waals surface area (Å²) >= 11 is 0. The van der Waals surface area contributed by atoms with Crippen LogP contribution >= 0.6 is 0 Å². The number of benzene rings is 1. The number of nitrogens with zero attached hydrogens (tertiary/aromatic N) is 4. The third-order valence-corrected chi connectivity index (χ3v) is 8.49. The topological polar surface area (TPSA) is 111 Å². The average Bonchev–Trinajstić information content (AvgIpc) is 3.38. The Bertz CT molecular complexity index is 999. The lowest BCUT2D eigenvalue weighted by atomic mass is 9.96. The standard InChI is InChI=1S/C22H28N4O5S/c23-16-18-4-1-2-6-20(18)32(29,30)26-9-7-17(8-10-26)21(27)24-11-13-25(14-12-24)22(28)19-5-3-15-31-19/h1-2,4,6,17,19H,3,5,7-15H2. The first kappa shape index (κ1) is 22.7. The number of hydrogen-bond donors (Lipinski definition) is 0. The van der Waals surface area contributed by atoms with Crippen LogP contribution in [-0.4, -0.2) is 86.3 Å². The van der Waals surface area contributed by atoms with Crippen molar-refractivity contribution in [2.24, 2.45) is 5.92 Å². The van der Waals surface area contributed by atoms with Crippen LogP contribution in [-0.2, 0) is 24.3 Å². The maximum Gasteiger partial charge on any atom is 0.251 e. The van der Waals surface area contributed by atoms with E-state index in [4.69, 9.17) is 4.74 Å². The molecule has 0 radical (unpaired) electrons. The number of ether oxygens (including phenoxy) is 1. The summed E-state index contributed by atoms with van der Waals surface area (Å²) in [7, 11) is -3.77. The fourth-order valence-electron chi connectivity index (χ4n) is 4.65. The van der Waals surface area contributed by atoms with Gasteiger partial charge in [-0.2, -0.15) is 9.57 Å². The van der Waals surface area contributed by atoms with Crippen LogP contribution < -0.4 is 0 Å². The van der Waals surface area contributed by atoms with Crippen molar-refractivity contribution in [2.75, 3.05) is 45.9 Å². The quantitative estimate of drug-likeness (QED) is 0.657. The van der Waals surface area contributed by atoms with Crippen molar-refractivity contribution in [2.45, 2.75) is 36.7 Å². The van der Waals surface area contributed by atoms with Gasteiger partial charge >= 0.3 is 0 Å². The van der Waals surface area contributed by atoms with Crippen LogP contribution in [0.3, 0.4) is 0 Å². The van der Waals surface area contributed by atoms with Crippen molar-refractivity contribution in [3.05, 3.63) is 29.8 Å². The molecule has 0 N–H and O–H groups in total. The van der Waals surface area contributed by atoms with E-state index in [1.807, 2.05) is 6.07 Å². The third-order valence-electron chi connectivity index (χ3n) is 6.54. The van der Waals surface area contributed by atoms with E-state index >= 15 is 0 Å². The molecule has 32 heavy (non-hydrogen) atoms. The Morgan fingerprint density at radius 1 is 0.938 bits per heavy atom. The van der Waals surface area contributed by atoms with Crippen LogP contribution in [0.2, 0.25) is 0 Å². The van der Waals surface area contributed by atoms with E-state index in [2.05, 4.69) is 0 Å². The smallest absolute Gasteiger partial charge is 0.251 e. The minimum Gasteiger partial charge on any atom is -0.368 e. The largest absolute Gasteiger partial charge is 0.368 e. The van der Waals surface area contributed by atoms with Crippen LogP contribution in [0.15, 0.2) is 29.2 Å². The van der Waals surface area contributed by atoms with E-state index in [-0.39, 0.29) is 47.4 Å². The van der Waals surface area contributed by atoms with Crippen molar-refractivity contribution in [3.63, 3.8) is 0 Å². The van der Waals surface area contributed by atoms with Crippen LogP contribution in [0.25, 0.3) is 0 Å². The molecule has 0 aliphatic carbocycles. The second kappa shape index (κ2) is 9.57. The van der Waals surface area contributed by atoms with Gasteiger partial charge in [-0.15, -0.1) is 0 Å². The SMILES string of the molecule is N#Cc1ccccc1S(=O)(=O)N1CCC(C(=O)N2CCN(C(=O)C3CCCO3)CC2)CC1. The van der Waals surface area contributed by atoms with Gasteiger partial charge in [0.15, 0.2) is 0 Å². The highest BCUT2D eigenvalue weighted by molar-refractivity contribution is 7.89. The molecule has 0 saturated carbocycles. The zero-order valence-corrected chi connectivity index (χ0v) is 18.8. The lowest BCUT2D eigenvalue weighted by Crippen LogP contribution is -2.54. The Morgan fingerprint density at radius 2 is 1.56 bits per heavy atom. The summed E-state index contributed by atoms with van der Waals surface area (Å²) < 4.78 is 32.8. The first-order chi connectivity index (χ1) is 15.4. The number of nitriles is 1. The number of hydrogen-bond acceptors (Lipinski definition) is 6. The molecule has 172 valence electrons. The summed E-state index contributed by atoms with van der Waals surface area (Å²) in [4.78, 5) is 29.1. The van der Waals surface area contributed by atoms with E-state index in [0.29, 0.717) is 45.6 Å². The molecule has 1 unspecified atom stereocenters. The Kier molecular flexibility index (Phi) is 6.79. The lowest BCUT2D eigenvalue weighted by Gasteiger charge is -2.38. The maximum atomic E-state index is 13.0. The summed E-state index contributed by atoms with van der Waals surface area (Å²) in [5, 5.41) is 9.24. The predicted octanol–water partition coefficient (Wildman–Crippen LogP) is 0.809. The van der Waals surface area contributed by atoms with Crippen LogP contribution in [0, 0.1) is 17.2 Å². The zero-order valence-electron chi connectivity index (χ0n) is 18.0. The van der Waals surface area contributed by atoms with Gasteiger partial charge in [0.1, 0.15) is 12.2 Å². The Balaban J connectivity index is 1.30. The Labute approximate surface area is 188 Å². The molecule has 1 aromatic rings. The fourth-order valence-corrected chi connectivity index (χ4v) is 6.26. The summed E-state index contributed by atoms with van der Waals surface area (Å²) in [6.07, 6.45) is 2.22. The molecule has 2 amide bonds. The average molecular weight is 461 g/mol. The molecular formula is C22H28N4O5S. The number of piperidine rings is 1. The van der Waals surface area contributed by atoms with Gasteiger partial charge in [0.25, 0.3) is 5.91 Å². The maximum absolute atomic E-state index is 13.0. The second-order valence-electron chi connectivity index (χ2n) is 8.44. The Morgan fingerprint density at radius 3 is 2.16 bits per heavy atom. The van der Waals surface area contributed by atoms with Gasteiger partial charge in [0.05, 0.1) is 10.5 Å². The van der Waals surface area contributed by atoms with Gasteiger partial charge < -0.3 is 14.5 Å². The highest BCUT2D eigenvalue weighted by Gasteiger charge is 2.36. The third kappa shape index (κ3) is 4.51. The number of carbonyl (C=O) groups excluding carboxylic acids is 2. The molecule has 1 atom stereocenters. The Hall–Kier alpha value is -2.48. The van der Waals surface area contributed by atoms with Crippen molar-refractivity contribution in [1.29, 1.82) is 5.26 Å². The van der Waals surface area contributed by atoms with Crippen molar-refractivity contribution in [1.82, 2.24) is 14.1 Å². The predicted molar refractivity (Wildman–Crippen MR) is 115 cm³/mol. The van der Waals surface area contributed by atoms with E-state index in [1.54, 1.807) is 21.9 Å². The van der Waals surface area contributed by atoms with Gasteiger partial charge in [0.2, 0.25) is 15.9 Å².